The van der Waals surface area contributed by atoms with Crippen LogP contribution in [0.1, 0.15) is 27.7 Å². The highest BCUT2D eigenvalue weighted by Crippen LogP contribution is 2.26. The molecule has 8 heteroatoms. The molecular formula is C17H24ClN5OS. The molecule has 1 heterocycles. The Morgan fingerprint density at radius 2 is 1.84 bits per heavy atom. The molecule has 2 rings (SSSR count). The number of rotatable bonds is 7. The van der Waals surface area contributed by atoms with Gasteiger partial charge in [0.05, 0.1) is 0 Å². The number of amides is 2. The van der Waals surface area contributed by atoms with Crippen LogP contribution in [0.3, 0.4) is 0 Å². The van der Waals surface area contributed by atoms with Crippen LogP contribution >= 0.6 is 22.9 Å². The molecule has 136 valence electrons. The Balaban J connectivity index is 2.00. The van der Waals surface area contributed by atoms with Gasteiger partial charge < -0.3 is 10.2 Å². The number of nitrogens with zero attached hydrogens (tertiary/aromatic N) is 3. The molecule has 2 N–H and O–H groups in total. The monoisotopic (exact) mass is 381 g/mol. The minimum Gasteiger partial charge on any atom is -0.346 e. The molecule has 25 heavy (non-hydrogen) atoms. The summed E-state index contributed by atoms with van der Waals surface area (Å²) in [6.07, 6.45) is 0. The van der Waals surface area contributed by atoms with Crippen LogP contribution in [-0.2, 0) is 0 Å². The molecule has 6 nitrogen and oxygen atoms in total. The molecule has 0 aliphatic heterocycles. The SMILES string of the molecule is CC(C)CN(CC(C)C)c1nnc(NC(=O)Nc2cccc(Cl)c2)s1. The van der Waals surface area contributed by atoms with Gasteiger partial charge in [-0.2, -0.15) is 0 Å². The van der Waals surface area contributed by atoms with Crippen LogP contribution in [0.5, 0.6) is 0 Å². The van der Waals surface area contributed by atoms with Gasteiger partial charge in [-0.05, 0) is 30.0 Å². The molecular weight excluding hydrogens is 358 g/mol. The number of hydrogen-bond donors (Lipinski definition) is 2. The van der Waals surface area contributed by atoms with E-state index < -0.39 is 0 Å². The zero-order valence-electron chi connectivity index (χ0n) is 14.9. The fraction of sp³-hybridized carbons (Fsp3) is 0.471. The summed E-state index contributed by atoms with van der Waals surface area (Å²) in [7, 11) is 0. The molecule has 0 saturated carbocycles. The van der Waals surface area contributed by atoms with Crippen molar-refractivity contribution in [3.8, 4) is 0 Å². The van der Waals surface area contributed by atoms with Gasteiger partial charge in [0.15, 0.2) is 0 Å². The Labute approximate surface area is 157 Å². The van der Waals surface area contributed by atoms with Crippen molar-refractivity contribution in [1.29, 1.82) is 0 Å². The maximum atomic E-state index is 12.1. The van der Waals surface area contributed by atoms with E-state index in [1.807, 2.05) is 0 Å². The van der Waals surface area contributed by atoms with Crippen molar-refractivity contribution in [2.45, 2.75) is 27.7 Å². The Morgan fingerprint density at radius 1 is 1.16 bits per heavy atom. The van der Waals surface area contributed by atoms with Gasteiger partial charge in [0.2, 0.25) is 10.3 Å². The Hall–Kier alpha value is -1.86. The van der Waals surface area contributed by atoms with Crippen molar-refractivity contribution in [3.05, 3.63) is 29.3 Å². The number of aromatic nitrogens is 2. The standard InChI is InChI=1S/C17H24ClN5OS/c1-11(2)9-23(10-12(3)4)17-22-21-16(25-17)20-15(24)19-14-7-5-6-13(18)8-14/h5-8,11-12H,9-10H2,1-4H3,(H2,19,20,21,24). The van der Waals surface area contributed by atoms with Crippen molar-refractivity contribution in [2.75, 3.05) is 28.6 Å². The average Bonchev–Trinajstić information content (AvgIpc) is 2.93. The molecule has 0 fully saturated rings. The topological polar surface area (TPSA) is 70.2 Å². The summed E-state index contributed by atoms with van der Waals surface area (Å²) in [5.74, 6) is 1.04. The summed E-state index contributed by atoms with van der Waals surface area (Å²) >= 11 is 7.28. The predicted molar refractivity (Wildman–Crippen MR) is 106 cm³/mol. The number of carbonyl (C=O) groups is 1. The van der Waals surface area contributed by atoms with Crippen LogP contribution in [0.2, 0.25) is 5.02 Å². The maximum absolute atomic E-state index is 12.1. The maximum Gasteiger partial charge on any atom is 0.325 e. The first kappa shape index (κ1) is 19.5. The summed E-state index contributed by atoms with van der Waals surface area (Å²) in [6, 6.07) is 6.60. The van der Waals surface area contributed by atoms with Crippen molar-refractivity contribution in [1.82, 2.24) is 10.2 Å². The molecule has 2 aromatic rings. The number of nitrogens with one attached hydrogen (secondary N) is 2. The van der Waals surface area contributed by atoms with Crippen molar-refractivity contribution >= 4 is 44.9 Å². The summed E-state index contributed by atoms with van der Waals surface area (Å²) in [4.78, 5) is 14.3. The van der Waals surface area contributed by atoms with Gasteiger partial charge in [-0.25, -0.2) is 4.79 Å². The second-order valence-corrected chi connectivity index (χ2v) is 8.06. The molecule has 0 saturated heterocycles. The van der Waals surface area contributed by atoms with Gasteiger partial charge in [-0.3, -0.25) is 5.32 Å². The van der Waals surface area contributed by atoms with Crippen LogP contribution in [0.25, 0.3) is 0 Å². The highest BCUT2D eigenvalue weighted by Gasteiger charge is 2.16. The van der Waals surface area contributed by atoms with Gasteiger partial charge in [0.1, 0.15) is 0 Å². The first-order valence-corrected chi connectivity index (χ1v) is 9.45. The lowest BCUT2D eigenvalue weighted by atomic mass is 10.1. The van der Waals surface area contributed by atoms with Crippen LogP contribution in [0, 0.1) is 11.8 Å². The minimum absolute atomic E-state index is 0.371. The molecule has 0 radical (unpaired) electrons. The Kier molecular flexibility index (Phi) is 7.01. The average molecular weight is 382 g/mol. The quantitative estimate of drug-likeness (QED) is 0.711. The fourth-order valence-corrected chi connectivity index (χ4v) is 3.28. The second kappa shape index (κ2) is 9.01. The molecule has 0 aliphatic rings. The molecule has 0 atom stereocenters. The lowest BCUT2D eigenvalue weighted by Gasteiger charge is -2.25. The summed E-state index contributed by atoms with van der Waals surface area (Å²) in [5, 5.41) is 15.6. The molecule has 0 bridgehead atoms. The number of hydrogen-bond acceptors (Lipinski definition) is 5. The van der Waals surface area contributed by atoms with Gasteiger partial charge in [-0.15, -0.1) is 10.2 Å². The molecule has 0 aliphatic carbocycles. The zero-order chi connectivity index (χ0) is 18.4. The third-order valence-corrected chi connectivity index (χ3v) is 4.29. The van der Waals surface area contributed by atoms with E-state index in [4.69, 9.17) is 11.6 Å². The van der Waals surface area contributed by atoms with Crippen LogP contribution in [0.15, 0.2) is 24.3 Å². The lowest BCUT2D eigenvalue weighted by Crippen LogP contribution is -2.31. The van der Waals surface area contributed by atoms with E-state index >= 15 is 0 Å². The van der Waals surface area contributed by atoms with Crippen molar-refractivity contribution in [3.63, 3.8) is 0 Å². The predicted octanol–water partition coefficient (Wildman–Crippen LogP) is 4.95. The van der Waals surface area contributed by atoms with Crippen LogP contribution in [0.4, 0.5) is 20.7 Å². The highest BCUT2D eigenvalue weighted by atomic mass is 35.5. The van der Waals surface area contributed by atoms with E-state index in [0.29, 0.717) is 27.7 Å². The van der Waals surface area contributed by atoms with Gasteiger partial charge in [0, 0.05) is 23.8 Å². The smallest absolute Gasteiger partial charge is 0.325 e. The minimum atomic E-state index is -0.371. The van der Waals surface area contributed by atoms with Crippen LogP contribution in [-0.4, -0.2) is 29.3 Å². The fourth-order valence-electron chi connectivity index (χ4n) is 2.33. The Bertz CT molecular complexity index is 694. The zero-order valence-corrected chi connectivity index (χ0v) is 16.5. The summed E-state index contributed by atoms with van der Waals surface area (Å²) < 4.78 is 0. The largest absolute Gasteiger partial charge is 0.346 e. The second-order valence-electron chi connectivity index (χ2n) is 6.67. The summed E-state index contributed by atoms with van der Waals surface area (Å²) in [6.45, 7) is 10.5. The number of carbonyl (C=O) groups excluding carboxylic acids is 1. The number of benzene rings is 1. The van der Waals surface area contributed by atoms with E-state index in [1.54, 1.807) is 24.3 Å². The first-order valence-electron chi connectivity index (χ1n) is 8.25. The normalized spacial score (nSPS) is 11.0. The van der Waals surface area contributed by atoms with Gasteiger partial charge in [0.25, 0.3) is 0 Å². The molecule has 1 aromatic heterocycles. The highest BCUT2D eigenvalue weighted by molar-refractivity contribution is 7.19. The number of halogens is 1. The molecule has 2 amide bonds. The third-order valence-electron chi connectivity index (χ3n) is 3.16. The first-order chi connectivity index (χ1) is 11.8. The van der Waals surface area contributed by atoms with E-state index in [2.05, 4.69) is 53.4 Å². The van der Waals surface area contributed by atoms with E-state index in [-0.39, 0.29) is 6.03 Å². The third kappa shape index (κ3) is 6.51. The van der Waals surface area contributed by atoms with Crippen molar-refractivity contribution in [2.24, 2.45) is 11.8 Å². The molecule has 0 spiro atoms. The lowest BCUT2D eigenvalue weighted by molar-refractivity contribution is 0.262. The Morgan fingerprint density at radius 3 is 2.44 bits per heavy atom. The summed E-state index contributed by atoms with van der Waals surface area (Å²) in [5.41, 5.74) is 0.621. The van der Waals surface area contributed by atoms with E-state index in [1.165, 1.54) is 11.3 Å². The van der Waals surface area contributed by atoms with Crippen LogP contribution < -0.4 is 15.5 Å². The molecule has 1 aromatic carbocycles. The van der Waals surface area contributed by atoms with E-state index in [0.717, 1.165) is 18.2 Å². The number of anilines is 3. The van der Waals surface area contributed by atoms with Gasteiger partial charge in [-0.1, -0.05) is 56.7 Å². The van der Waals surface area contributed by atoms with E-state index in [9.17, 15) is 4.79 Å². The molecule has 0 unspecified atom stereocenters. The van der Waals surface area contributed by atoms with Crippen molar-refractivity contribution < 1.29 is 4.79 Å². The number of urea groups is 1. The van der Waals surface area contributed by atoms with Gasteiger partial charge >= 0.3 is 6.03 Å².